The summed E-state index contributed by atoms with van der Waals surface area (Å²) in [5.74, 6) is 0.141. The van der Waals surface area contributed by atoms with Gasteiger partial charge in [-0.2, -0.15) is 5.10 Å². The van der Waals surface area contributed by atoms with E-state index >= 15 is 0 Å². The van der Waals surface area contributed by atoms with E-state index in [2.05, 4.69) is 27.4 Å². The third-order valence-corrected chi connectivity index (χ3v) is 4.55. The average molecular weight is 347 g/mol. The molecule has 1 fully saturated rings. The van der Waals surface area contributed by atoms with Gasteiger partial charge in [-0.15, -0.1) is 0 Å². The normalized spacial score (nSPS) is 18.0. The van der Waals surface area contributed by atoms with Crippen molar-refractivity contribution in [2.24, 2.45) is 0 Å². The molecule has 1 atom stereocenters. The molecular formula is C18H23ClN4O. The van der Waals surface area contributed by atoms with Gasteiger partial charge in [0.05, 0.1) is 17.3 Å². The van der Waals surface area contributed by atoms with Crippen LogP contribution in [-0.2, 0) is 17.9 Å². The van der Waals surface area contributed by atoms with Crippen LogP contribution in [-0.4, -0.2) is 39.7 Å². The lowest BCUT2D eigenvalue weighted by atomic mass is 10.1. The predicted octanol–water partition coefficient (Wildman–Crippen LogP) is 2.71. The first kappa shape index (κ1) is 17.0. The molecule has 1 N–H and O–H groups in total. The fourth-order valence-corrected chi connectivity index (χ4v) is 3.32. The molecule has 6 heteroatoms. The number of aromatic nitrogens is 2. The van der Waals surface area contributed by atoms with Gasteiger partial charge in [0.15, 0.2) is 0 Å². The lowest BCUT2D eigenvalue weighted by Gasteiger charge is -2.23. The van der Waals surface area contributed by atoms with Gasteiger partial charge in [0.2, 0.25) is 5.91 Å². The van der Waals surface area contributed by atoms with Gasteiger partial charge in [-0.05, 0) is 31.4 Å². The fraction of sp³-hybridized carbons (Fsp3) is 0.444. The molecule has 0 aliphatic carbocycles. The zero-order valence-electron chi connectivity index (χ0n) is 13.7. The highest BCUT2D eigenvalue weighted by molar-refractivity contribution is 6.30. The largest absolute Gasteiger partial charge is 0.355 e. The summed E-state index contributed by atoms with van der Waals surface area (Å²) in [4.78, 5) is 14.7. The van der Waals surface area contributed by atoms with Gasteiger partial charge in [0.1, 0.15) is 0 Å². The Kier molecular flexibility index (Phi) is 5.88. The maximum absolute atomic E-state index is 12.5. The van der Waals surface area contributed by atoms with E-state index in [0.29, 0.717) is 11.6 Å². The van der Waals surface area contributed by atoms with Crippen LogP contribution in [0.25, 0.3) is 0 Å². The van der Waals surface area contributed by atoms with E-state index in [4.69, 9.17) is 11.6 Å². The number of rotatable bonds is 7. The van der Waals surface area contributed by atoms with Crippen LogP contribution in [0.15, 0.2) is 42.7 Å². The number of halogens is 1. The first-order chi connectivity index (χ1) is 11.7. The molecule has 5 nitrogen and oxygen atoms in total. The van der Waals surface area contributed by atoms with Crippen LogP contribution in [0.5, 0.6) is 0 Å². The molecule has 1 saturated heterocycles. The Balaban J connectivity index is 1.43. The first-order valence-corrected chi connectivity index (χ1v) is 8.84. The Labute approximate surface area is 147 Å². The second-order valence-corrected chi connectivity index (χ2v) is 6.62. The number of carbonyl (C=O) groups is 1. The van der Waals surface area contributed by atoms with Crippen molar-refractivity contribution in [3.05, 3.63) is 53.3 Å². The summed E-state index contributed by atoms with van der Waals surface area (Å²) in [5, 5.41) is 7.84. The molecule has 2 aromatic rings. The topological polar surface area (TPSA) is 50.2 Å². The van der Waals surface area contributed by atoms with E-state index in [-0.39, 0.29) is 11.9 Å². The fourth-order valence-electron chi connectivity index (χ4n) is 3.16. The zero-order valence-corrected chi connectivity index (χ0v) is 14.5. The molecule has 1 amide bonds. The van der Waals surface area contributed by atoms with Crippen LogP contribution in [0, 0.1) is 0 Å². The monoisotopic (exact) mass is 346 g/mol. The highest BCUT2D eigenvalue weighted by Crippen LogP contribution is 2.20. The van der Waals surface area contributed by atoms with Gasteiger partial charge in [-0.25, -0.2) is 0 Å². The summed E-state index contributed by atoms with van der Waals surface area (Å²) >= 11 is 5.83. The average Bonchev–Trinajstić information content (AvgIpc) is 3.21. The van der Waals surface area contributed by atoms with Crippen LogP contribution in [0.2, 0.25) is 5.02 Å². The Hall–Kier alpha value is -1.85. The number of aryl methyl sites for hydroxylation is 1. The molecule has 1 aromatic carbocycles. The van der Waals surface area contributed by atoms with E-state index in [0.717, 1.165) is 38.9 Å². The number of benzene rings is 1. The highest BCUT2D eigenvalue weighted by atomic mass is 35.5. The second-order valence-electron chi connectivity index (χ2n) is 6.18. The smallest absolute Gasteiger partial charge is 0.237 e. The lowest BCUT2D eigenvalue weighted by molar-refractivity contribution is -0.125. The van der Waals surface area contributed by atoms with E-state index in [1.807, 2.05) is 18.2 Å². The van der Waals surface area contributed by atoms with Crippen molar-refractivity contribution >= 4 is 17.5 Å². The molecule has 24 heavy (non-hydrogen) atoms. The van der Waals surface area contributed by atoms with Gasteiger partial charge in [0, 0.05) is 25.8 Å². The van der Waals surface area contributed by atoms with Crippen molar-refractivity contribution in [1.29, 1.82) is 0 Å². The van der Waals surface area contributed by atoms with Gasteiger partial charge in [-0.3, -0.25) is 14.4 Å². The highest BCUT2D eigenvalue weighted by Gasteiger charge is 2.30. The maximum Gasteiger partial charge on any atom is 0.237 e. The van der Waals surface area contributed by atoms with Crippen LogP contribution in [0.3, 0.4) is 0 Å². The van der Waals surface area contributed by atoms with Crippen molar-refractivity contribution in [1.82, 2.24) is 20.0 Å². The van der Waals surface area contributed by atoms with Crippen molar-refractivity contribution in [2.75, 3.05) is 13.1 Å². The van der Waals surface area contributed by atoms with Crippen LogP contribution < -0.4 is 5.32 Å². The number of carbonyl (C=O) groups excluding carboxylic acids is 1. The van der Waals surface area contributed by atoms with Gasteiger partial charge < -0.3 is 5.32 Å². The summed E-state index contributed by atoms with van der Waals surface area (Å²) in [6.45, 7) is 3.24. The third-order valence-electron chi connectivity index (χ3n) is 4.36. The molecule has 1 aliphatic heterocycles. The minimum atomic E-state index is -0.00986. The van der Waals surface area contributed by atoms with E-state index in [9.17, 15) is 4.79 Å². The number of hydrogen-bond acceptors (Lipinski definition) is 3. The number of likely N-dealkylation sites (tertiary alicyclic amines) is 1. The molecular weight excluding hydrogens is 324 g/mol. The first-order valence-electron chi connectivity index (χ1n) is 8.46. The molecule has 1 aromatic heterocycles. The van der Waals surface area contributed by atoms with Crippen molar-refractivity contribution < 1.29 is 4.79 Å². The summed E-state index contributed by atoms with van der Waals surface area (Å²) in [6, 6.07) is 10.3. The number of nitrogens with one attached hydrogen (secondary N) is 1. The van der Waals surface area contributed by atoms with Crippen LogP contribution in [0.1, 0.15) is 24.8 Å². The van der Waals surface area contributed by atoms with Gasteiger partial charge in [0.25, 0.3) is 0 Å². The number of amides is 1. The molecule has 0 radical (unpaired) electrons. The standard InChI is InChI=1S/C18H23ClN4O/c19-16-12-21-23(14-16)11-5-9-20-18(24)17-8-4-10-22(17)13-15-6-2-1-3-7-15/h1-3,6-7,12,14,17H,4-5,8-11,13H2,(H,20,24)/t17-/m0/s1. The molecule has 0 bridgehead atoms. The zero-order chi connectivity index (χ0) is 16.8. The lowest BCUT2D eigenvalue weighted by Crippen LogP contribution is -2.43. The maximum atomic E-state index is 12.5. The molecule has 2 heterocycles. The van der Waals surface area contributed by atoms with E-state index in [1.54, 1.807) is 17.1 Å². The quantitative estimate of drug-likeness (QED) is 0.784. The van der Waals surface area contributed by atoms with Crippen molar-refractivity contribution in [3.8, 4) is 0 Å². The minimum Gasteiger partial charge on any atom is -0.355 e. The number of nitrogens with zero attached hydrogens (tertiary/aromatic N) is 3. The van der Waals surface area contributed by atoms with Crippen molar-refractivity contribution in [3.63, 3.8) is 0 Å². The molecule has 128 valence electrons. The molecule has 0 saturated carbocycles. The Morgan fingerprint density at radius 1 is 1.33 bits per heavy atom. The Bertz CT molecular complexity index is 658. The number of hydrogen-bond donors (Lipinski definition) is 1. The summed E-state index contributed by atoms with van der Waals surface area (Å²) in [6.07, 6.45) is 6.28. The van der Waals surface area contributed by atoms with Gasteiger partial charge >= 0.3 is 0 Å². The summed E-state index contributed by atoms with van der Waals surface area (Å²) < 4.78 is 1.80. The minimum absolute atomic E-state index is 0.00986. The molecule has 1 aliphatic rings. The SMILES string of the molecule is O=C(NCCCn1cc(Cl)cn1)[C@@H]1CCCN1Cc1ccccc1. The summed E-state index contributed by atoms with van der Waals surface area (Å²) in [5.41, 5.74) is 1.26. The molecule has 3 rings (SSSR count). The second kappa shape index (κ2) is 8.31. The molecule has 0 unspecified atom stereocenters. The Morgan fingerprint density at radius 2 is 2.17 bits per heavy atom. The third kappa shape index (κ3) is 4.58. The summed E-state index contributed by atoms with van der Waals surface area (Å²) in [7, 11) is 0. The van der Waals surface area contributed by atoms with Gasteiger partial charge in [-0.1, -0.05) is 41.9 Å². The Morgan fingerprint density at radius 3 is 2.92 bits per heavy atom. The van der Waals surface area contributed by atoms with E-state index in [1.165, 1.54) is 5.56 Å². The molecule has 0 spiro atoms. The van der Waals surface area contributed by atoms with E-state index < -0.39 is 0 Å². The van der Waals surface area contributed by atoms with Crippen LogP contribution >= 0.6 is 11.6 Å². The van der Waals surface area contributed by atoms with Crippen molar-refractivity contribution in [2.45, 2.75) is 38.4 Å². The predicted molar refractivity (Wildman–Crippen MR) is 94.7 cm³/mol. The van der Waals surface area contributed by atoms with Crippen LogP contribution in [0.4, 0.5) is 0 Å².